The molecule has 4 saturated carbocycles. The van der Waals surface area contributed by atoms with E-state index in [-0.39, 0.29) is 16.3 Å². The summed E-state index contributed by atoms with van der Waals surface area (Å²) in [5.74, 6) is 4.39. The maximum Gasteiger partial charge on any atom is 0 e. The molecule has 2 heteroatoms. The number of hydrogen-bond donors (Lipinski definition) is 0. The topological polar surface area (TPSA) is 0 Å². The number of benzene rings is 1. The highest BCUT2D eigenvalue weighted by Crippen LogP contribution is 2.61. The van der Waals surface area contributed by atoms with Crippen molar-refractivity contribution in [2.45, 2.75) is 37.8 Å². The molecule has 4 bridgehead atoms. The van der Waals surface area contributed by atoms with Gasteiger partial charge < -0.3 is 0 Å². The molecular formula is C17H23BP. The van der Waals surface area contributed by atoms with Crippen LogP contribution in [0.5, 0.6) is 0 Å². The molecule has 0 spiro atoms. The predicted molar refractivity (Wildman–Crippen MR) is 85.5 cm³/mol. The van der Waals surface area contributed by atoms with Crippen LogP contribution >= 0.6 is 7.92 Å². The van der Waals surface area contributed by atoms with Crippen molar-refractivity contribution >= 4 is 21.6 Å². The van der Waals surface area contributed by atoms with Crippen molar-refractivity contribution in [3.63, 3.8) is 0 Å². The van der Waals surface area contributed by atoms with Gasteiger partial charge in [0.1, 0.15) is 0 Å². The predicted octanol–water partition coefficient (Wildman–Crippen LogP) is 3.87. The summed E-state index contributed by atoms with van der Waals surface area (Å²) in [6.07, 6.45) is 7.84. The summed E-state index contributed by atoms with van der Waals surface area (Å²) >= 11 is 0. The Labute approximate surface area is 120 Å². The van der Waals surface area contributed by atoms with Gasteiger partial charge in [0, 0.05) is 8.41 Å². The van der Waals surface area contributed by atoms with Crippen LogP contribution in [0.4, 0.5) is 0 Å². The molecule has 1 atom stereocenters. The molecule has 1 aromatic carbocycles. The summed E-state index contributed by atoms with van der Waals surface area (Å²) in [5.41, 5.74) is 1.05. The normalized spacial score (nSPS) is 40.8. The second kappa shape index (κ2) is 5.25. The van der Waals surface area contributed by atoms with E-state index < -0.39 is 0 Å². The van der Waals surface area contributed by atoms with Gasteiger partial charge in [0.05, 0.1) is 0 Å². The average molecular weight is 269 g/mol. The average Bonchev–Trinajstić information content (AvgIpc) is 2.38. The Bertz CT molecular complexity index is 402. The van der Waals surface area contributed by atoms with Gasteiger partial charge in [-0.05, 0) is 73.4 Å². The zero-order chi connectivity index (χ0) is 12.1. The van der Waals surface area contributed by atoms with E-state index in [0.717, 1.165) is 29.3 Å². The standard InChI is InChI=1S/C17H23P.B/c1-18(16-5-3-2-4-6-16)17-14-8-12-7-13(10-14)11-15(17)9-12;/h2-6,12-15,17H,7-11H2,1H3;/t12?,13?,14?,15?,17?,18-;/m0./s1. The molecule has 0 nitrogen and oxygen atoms in total. The van der Waals surface area contributed by atoms with Crippen LogP contribution in [0.2, 0.25) is 0 Å². The van der Waals surface area contributed by atoms with Crippen molar-refractivity contribution in [2.75, 3.05) is 6.66 Å². The molecule has 5 rings (SSSR count). The van der Waals surface area contributed by atoms with Crippen LogP contribution in [-0.4, -0.2) is 20.7 Å². The minimum Gasteiger partial charge on any atom is -0.0748 e. The Morgan fingerprint density at radius 2 is 1.37 bits per heavy atom. The maximum absolute atomic E-state index is 2.55. The highest BCUT2D eigenvalue weighted by Gasteiger charge is 2.49. The molecule has 0 heterocycles. The lowest BCUT2D eigenvalue weighted by Crippen LogP contribution is -2.48. The van der Waals surface area contributed by atoms with Gasteiger partial charge in [-0.25, -0.2) is 0 Å². The molecule has 19 heavy (non-hydrogen) atoms. The van der Waals surface area contributed by atoms with Gasteiger partial charge in [0.15, 0.2) is 0 Å². The van der Waals surface area contributed by atoms with E-state index in [4.69, 9.17) is 0 Å². The molecule has 4 aliphatic carbocycles. The summed E-state index contributed by atoms with van der Waals surface area (Å²) in [6, 6.07) is 11.4. The molecule has 0 unspecified atom stereocenters. The van der Waals surface area contributed by atoms with Gasteiger partial charge in [-0.2, -0.15) is 0 Å². The van der Waals surface area contributed by atoms with E-state index in [1.165, 1.54) is 0 Å². The molecular weight excluding hydrogens is 246 g/mol. The van der Waals surface area contributed by atoms with E-state index in [0.29, 0.717) is 0 Å². The van der Waals surface area contributed by atoms with Crippen LogP contribution in [0.3, 0.4) is 0 Å². The van der Waals surface area contributed by atoms with Gasteiger partial charge in [-0.15, -0.1) is 0 Å². The molecule has 0 amide bonds. The van der Waals surface area contributed by atoms with E-state index in [2.05, 4.69) is 37.0 Å². The minimum absolute atomic E-state index is 0. The van der Waals surface area contributed by atoms with Crippen LogP contribution in [0.15, 0.2) is 30.3 Å². The molecule has 1 aromatic rings. The Balaban J connectivity index is 0.00000110. The van der Waals surface area contributed by atoms with Crippen LogP contribution in [0, 0.1) is 23.7 Å². The van der Waals surface area contributed by atoms with Crippen molar-refractivity contribution in [2.24, 2.45) is 23.7 Å². The largest absolute Gasteiger partial charge is 0.0748 e. The first-order valence-corrected chi connectivity index (χ1v) is 9.45. The SMILES string of the molecule is C[P@@](c1ccccc1)C1C2CC3CC(C2)CC1C3.[B]. The van der Waals surface area contributed by atoms with Gasteiger partial charge in [-0.1, -0.05) is 38.3 Å². The lowest BCUT2D eigenvalue weighted by atomic mass is 9.56. The first-order valence-electron chi connectivity index (χ1n) is 7.59. The van der Waals surface area contributed by atoms with Crippen molar-refractivity contribution in [1.82, 2.24) is 0 Å². The molecule has 4 aliphatic rings. The van der Waals surface area contributed by atoms with Gasteiger partial charge in [0.25, 0.3) is 0 Å². The van der Waals surface area contributed by atoms with E-state index >= 15 is 0 Å². The van der Waals surface area contributed by atoms with Crippen molar-refractivity contribution < 1.29 is 0 Å². The van der Waals surface area contributed by atoms with E-state index in [1.807, 2.05) is 0 Å². The van der Waals surface area contributed by atoms with E-state index in [1.54, 1.807) is 37.4 Å². The smallest absolute Gasteiger partial charge is 0 e. The lowest BCUT2D eigenvalue weighted by molar-refractivity contribution is 0.0252. The summed E-state index contributed by atoms with van der Waals surface area (Å²) in [5, 5.41) is 1.64. The Hall–Kier alpha value is -0.285. The van der Waals surface area contributed by atoms with Gasteiger partial charge in [-0.3, -0.25) is 0 Å². The van der Waals surface area contributed by atoms with Crippen molar-refractivity contribution in [1.29, 1.82) is 0 Å². The molecule has 0 aliphatic heterocycles. The fourth-order valence-corrected chi connectivity index (χ4v) is 8.10. The molecule has 0 N–H and O–H groups in total. The molecule has 0 saturated heterocycles. The second-order valence-corrected chi connectivity index (χ2v) is 9.20. The summed E-state index contributed by atoms with van der Waals surface area (Å²) in [6.45, 7) is 2.55. The van der Waals surface area contributed by atoms with E-state index in [9.17, 15) is 0 Å². The highest BCUT2D eigenvalue weighted by atomic mass is 31.1. The van der Waals surface area contributed by atoms with Gasteiger partial charge in [0.2, 0.25) is 0 Å². The molecule has 0 aromatic heterocycles. The second-order valence-electron chi connectivity index (χ2n) is 6.87. The van der Waals surface area contributed by atoms with Crippen LogP contribution in [0.1, 0.15) is 32.1 Å². The maximum atomic E-state index is 2.55. The molecule has 99 valence electrons. The minimum atomic E-state index is 0. The van der Waals surface area contributed by atoms with Crippen LogP contribution in [-0.2, 0) is 0 Å². The number of hydrogen-bond acceptors (Lipinski definition) is 0. The van der Waals surface area contributed by atoms with Crippen LogP contribution in [0.25, 0.3) is 0 Å². The first kappa shape index (κ1) is 13.7. The lowest BCUT2D eigenvalue weighted by Gasteiger charge is -2.56. The van der Waals surface area contributed by atoms with Crippen molar-refractivity contribution in [3.05, 3.63) is 30.3 Å². The summed E-state index contributed by atoms with van der Waals surface area (Å²) < 4.78 is 0. The quantitative estimate of drug-likeness (QED) is 0.564. The highest BCUT2D eigenvalue weighted by molar-refractivity contribution is 7.65. The zero-order valence-corrected chi connectivity index (χ0v) is 12.7. The fraction of sp³-hybridized carbons (Fsp3) is 0.647. The Morgan fingerprint density at radius 3 is 1.89 bits per heavy atom. The summed E-state index contributed by atoms with van der Waals surface area (Å²) in [7, 11) is 0.0744. The molecule has 3 radical (unpaired) electrons. The first-order chi connectivity index (χ1) is 8.81. The Kier molecular flexibility index (Phi) is 3.78. The molecule has 4 fully saturated rings. The van der Waals surface area contributed by atoms with Crippen LogP contribution < -0.4 is 5.30 Å². The number of rotatable bonds is 2. The monoisotopic (exact) mass is 269 g/mol. The third-order valence-electron chi connectivity index (χ3n) is 5.79. The zero-order valence-electron chi connectivity index (χ0n) is 11.8. The fourth-order valence-electron chi connectivity index (χ4n) is 5.36. The van der Waals surface area contributed by atoms with Gasteiger partial charge >= 0.3 is 0 Å². The summed E-state index contributed by atoms with van der Waals surface area (Å²) in [4.78, 5) is 0. The third-order valence-corrected chi connectivity index (χ3v) is 8.64. The third kappa shape index (κ3) is 2.29. The Morgan fingerprint density at radius 1 is 0.842 bits per heavy atom. The van der Waals surface area contributed by atoms with Crippen molar-refractivity contribution in [3.8, 4) is 0 Å².